The standard InChI is InChI=1S/C9H12F6OS/c1-5(16)17-4-3-6(10)7(11)9(14,15)8(2,12)13/h6-7H,3-4H2,1-2H3. The van der Waals surface area contributed by atoms with Crippen molar-refractivity contribution in [2.24, 2.45) is 0 Å². The largest absolute Gasteiger partial charge is 0.343 e. The molecule has 0 amide bonds. The zero-order chi connectivity index (χ0) is 13.9. The van der Waals surface area contributed by atoms with E-state index in [1.807, 2.05) is 0 Å². The minimum Gasteiger partial charge on any atom is -0.288 e. The molecule has 0 aromatic heterocycles. The van der Waals surface area contributed by atoms with Crippen LogP contribution in [0.2, 0.25) is 0 Å². The average molecular weight is 282 g/mol. The predicted octanol–water partition coefficient (Wildman–Crippen LogP) is 3.62. The number of thioether (sulfide) groups is 1. The van der Waals surface area contributed by atoms with E-state index in [2.05, 4.69) is 0 Å². The van der Waals surface area contributed by atoms with Gasteiger partial charge in [0.2, 0.25) is 6.17 Å². The van der Waals surface area contributed by atoms with E-state index in [-0.39, 0.29) is 17.8 Å². The molecule has 2 unspecified atom stereocenters. The van der Waals surface area contributed by atoms with Gasteiger partial charge in [-0.2, -0.15) is 8.78 Å². The Morgan fingerprint density at radius 2 is 1.71 bits per heavy atom. The van der Waals surface area contributed by atoms with Crippen molar-refractivity contribution in [3.8, 4) is 0 Å². The second-order valence-electron chi connectivity index (χ2n) is 3.56. The molecule has 0 bridgehead atoms. The van der Waals surface area contributed by atoms with Crippen molar-refractivity contribution in [1.82, 2.24) is 0 Å². The number of carbonyl (C=O) groups excluding carboxylic acids is 1. The Morgan fingerprint density at radius 1 is 1.24 bits per heavy atom. The summed E-state index contributed by atoms with van der Waals surface area (Å²) in [5.74, 6) is -9.93. The average Bonchev–Trinajstić information content (AvgIpc) is 2.13. The van der Waals surface area contributed by atoms with Crippen LogP contribution >= 0.6 is 11.8 Å². The topological polar surface area (TPSA) is 17.1 Å². The number of hydrogen-bond acceptors (Lipinski definition) is 2. The molecule has 0 radical (unpaired) electrons. The molecule has 0 saturated carbocycles. The maximum absolute atomic E-state index is 13.0. The summed E-state index contributed by atoms with van der Waals surface area (Å²) >= 11 is 0.617. The Hall–Kier alpha value is -0.400. The third kappa shape index (κ3) is 4.77. The third-order valence-corrected chi connectivity index (χ3v) is 2.79. The van der Waals surface area contributed by atoms with Crippen LogP contribution < -0.4 is 0 Å². The van der Waals surface area contributed by atoms with Crippen molar-refractivity contribution in [3.63, 3.8) is 0 Å². The molecular formula is C9H12F6OS. The van der Waals surface area contributed by atoms with Gasteiger partial charge in [0.1, 0.15) is 6.17 Å². The van der Waals surface area contributed by atoms with Crippen LogP contribution in [0.5, 0.6) is 0 Å². The van der Waals surface area contributed by atoms with Crippen LogP contribution in [0.25, 0.3) is 0 Å². The highest BCUT2D eigenvalue weighted by atomic mass is 32.2. The molecule has 0 aromatic rings. The maximum atomic E-state index is 13.0. The van der Waals surface area contributed by atoms with Crippen molar-refractivity contribution in [2.45, 2.75) is 44.5 Å². The minimum atomic E-state index is -5.06. The fourth-order valence-electron chi connectivity index (χ4n) is 0.931. The van der Waals surface area contributed by atoms with E-state index in [1.165, 1.54) is 6.92 Å². The van der Waals surface area contributed by atoms with Crippen LogP contribution in [-0.4, -0.2) is 35.1 Å². The summed E-state index contributed by atoms with van der Waals surface area (Å²) in [5, 5.41) is -0.389. The summed E-state index contributed by atoms with van der Waals surface area (Å²) in [6.45, 7) is 0.996. The fraction of sp³-hybridized carbons (Fsp3) is 0.889. The predicted molar refractivity (Wildman–Crippen MR) is 53.1 cm³/mol. The van der Waals surface area contributed by atoms with Crippen LogP contribution in [0.15, 0.2) is 0 Å². The van der Waals surface area contributed by atoms with Crippen molar-refractivity contribution >= 4 is 16.9 Å². The van der Waals surface area contributed by atoms with E-state index in [1.54, 1.807) is 0 Å². The SMILES string of the molecule is CC(=O)SCCC(F)C(F)C(F)(F)C(C)(F)F. The zero-order valence-corrected chi connectivity index (χ0v) is 9.97. The van der Waals surface area contributed by atoms with Crippen molar-refractivity contribution in [3.05, 3.63) is 0 Å². The summed E-state index contributed by atoms with van der Waals surface area (Å²) in [7, 11) is 0. The Labute approximate surface area is 98.9 Å². The zero-order valence-electron chi connectivity index (χ0n) is 9.15. The maximum Gasteiger partial charge on any atom is 0.343 e. The second-order valence-corrected chi connectivity index (χ2v) is 4.83. The van der Waals surface area contributed by atoms with E-state index in [0.717, 1.165) is 0 Å². The normalized spacial score (nSPS) is 16.7. The Bertz CT molecular complexity index is 265. The Kier molecular flexibility index (Phi) is 5.83. The molecule has 0 fully saturated rings. The van der Waals surface area contributed by atoms with Crippen LogP contribution in [-0.2, 0) is 4.79 Å². The number of halogens is 6. The summed E-state index contributed by atoms with van der Waals surface area (Å²) in [6.07, 6.45) is -7.05. The molecule has 2 atom stereocenters. The second kappa shape index (κ2) is 5.97. The van der Waals surface area contributed by atoms with E-state index in [0.29, 0.717) is 11.8 Å². The van der Waals surface area contributed by atoms with Gasteiger partial charge in [-0.25, -0.2) is 17.6 Å². The quantitative estimate of drug-likeness (QED) is 0.692. The third-order valence-electron chi connectivity index (χ3n) is 1.95. The molecule has 0 spiro atoms. The first-order valence-corrected chi connectivity index (χ1v) is 5.66. The molecule has 0 saturated heterocycles. The highest BCUT2D eigenvalue weighted by Gasteiger charge is 2.60. The smallest absolute Gasteiger partial charge is 0.288 e. The summed E-state index contributed by atoms with van der Waals surface area (Å²) < 4.78 is 76.0. The lowest BCUT2D eigenvalue weighted by Crippen LogP contribution is -2.49. The first-order valence-electron chi connectivity index (χ1n) is 4.67. The lowest BCUT2D eigenvalue weighted by Gasteiger charge is -2.27. The van der Waals surface area contributed by atoms with Crippen LogP contribution in [0, 0.1) is 0 Å². The Morgan fingerprint density at radius 3 is 2.06 bits per heavy atom. The van der Waals surface area contributed by atoms with Gasteiger partial charge in [-0.05, 0) is 6.42 Å². The molecule has 8 heteroatoms. The van der Waals surface area contributed by atoms with Gasteiger partial charge in [-0.15, -0.1) is 0 Å². The van der Waals surface area contributed by atoms with Crippen molar-refractivity contribution in [1.29, 1.82) is 0 Å². The molecule has 0 aliphatic carbocycles. The van der Waals surface area contributed by atoms with E-state index >= 15 is 0 Å². The molecule has 0 aliphatic heterocycles. The van der Waals surface area contributed by atoms with Crippen LogP contribution in [0.4, 0.5) is 26.3 Å². The Balaban J connectivity index is 4.39. The van der Waals surface area contributed by atoms with Crippen molar-refractivity contribution in [2.75, 3.05) is 5.75 Å². The minimum absolute atomic E-state index is 0.170. The molecule has 0 heterocycles. The van der Waals surface area contributed by atoms with Gasteiger partial charge in [0.05, 0.1) is 0 Å². The van der Waals surface area contributed by atoms with Gasteiger partial charge in [0.15, 0.2) is 5.12 Å². The summed E-state index contributed by atoms with van der Waals surface area (Å²) in [4.78, 5) is 10.4. The summed E-state index contributed by atoms with van der Waals surface area (Å²) in [5.41, 5.74) is 0. The van der Waals surface area contributed by atoms with E-state index in [4.69, 9.17) is 0 Å². The first kappa shape index (κ1) is 16.6. The van der Waals surface area contributed by atoms with Crippen LogP contribution in [0.1, 0.15) is 20.3 Å². The number of carbonyl (C=O) groups is 1. The molecule has 0 aliphatic rings. The fourth-order valence-corrected chi connectivity index (χ4v) is 1.56. The highest BCUT2D eigenvalue weighted by Crippen LogP contribution is 2.40. The molecule has 0 N–H and O–H groups in total. The van der Waals surface area contributed by atoms with E-state index < -0.39 is 30.6 Å². The molecule has 1 nitrogen and oxygen atoms in total. The van der Waals surface area contributed by atoms with Gasteiger partial charge >= 0.3 is 11.8 Å². The molecule has 17 heavy (non-hydrogen) atoms. The van der Waals surface area contributed by atoms with E-state index in [9.17, 15) is 31.1 Å². The monoisotopic (exact) mass is 282 g/mol. The van der Waals surface area contributed by atoms with Gasteiger partial charge in [0.25, 0.3) is 0 Å². The van der Waals surface area contributed by atoms with Gasteiger partial charge in [-0.3, -0.25) is 4.79 Å². The van der Waals surface area contributed by atoms with Gasteiger partial charge in [-0.1, -0.05) is 11.8 Å². The number of alkyl halides is 6. The number of rotatable bonds is 6. The first-order chi connectivity index (χ1) is 7.50. The molecular weight excluding hydrogens is 270 g/mol. The molecule has 0 rings (SSSR count). The lowest BCUT2D eigenvalue weighted by molar-refractivity contribution is -0.239. The van der Waals surface area contributed by atoms with Gasteiger partial charge < -0.3 is 0 Å². The highest BCUT2D eigenvalue weighted by molar-refractivity contribution is 8.13. The number of hydrogen-bond donors (Lipinski definition) is 0. The van der Waals surface area contributed by atoms with Crippen LogP contribution in [0.3, 0.4) is 0 Å². The lowest BCUT2D eigenvalue weighted by atomic mass is 10.0. The van der Waals surface area contributed by atoms with Gasteiger partial charge in [0, 0.05) is 19.6 Å². The van der Waals surface area contributed by atoms with Crippen molar-refractivity contribution < 1.29 is 31.1 Å². The molecule has 102 valence electrons. The molecule has 0 aromatic carbocycles. The summed E-state index contributed by atoms with van der Waals surface area (Å²) in [6, 6.07) is 0.